The summed E-state index contributed by atoms with van der Waals surface area (Å²) in [5.74, 6) is 2.20. The molecule has 132 heavy (non-hydrogen) atoms. The van der Waals surface area contributed by atoms with Gasteiger partial charge >= 0.3 is 0 Å². The number of anilines is 6. The number of para-hydroxylation sites is 1. The van der Waals surface area contributed by atoms with E-state index in [1.807, 2.05) is 48.5 Å². The molecule has 0 bridgehead atoms. The maximum absolute atomic E-state index is 5.57. The van der Waals surface area contributed by atoms with Gasteiger partial charge in [-0.2, -0.15) is 0 Å². The van der Waals surface area contributed by atoms with E-state index in [9.17, 15) is 0 Å². The van der Waals surface area contributed by atoms with Gasteiger partial charge in [-0.1, -0.05) is 385 Å². The second kappa shape index (κ2) is 32.3. The fraction of sp³-hybridized carbons (Fsp3) is 0.260. The Morgan fingerprint density at radius 1 is 0.205 bits per heavy atom. The van der Waals surface area contributed by atoms with Crippen molar-refractivity contribution in [2.24, 2.45) is 0 Å². The number of benzene rings is 14. The predicted molar refractivity (Wildman–Crippen MR) is 562 cm³/mol. The maximum atomic E-state index is 5.57. The highest BCUT2D eigenvalue weighted by Crippen LogP contribution is 2.52. The predicted octanol–water partition coefficient (Wildman–Crippen LogP) is 31.2. The summed E-state index contributed by atoms with van der Waals surface area (Å²) in [7, 11) is 0. The number of hydrogen-bond acceptors (Lipinski definition) is 7. The summed E-state index contributed by atoms with van der Waals surface area (Å²) in [5, 5.41) is 2.20. The molecular weight excluding hydrogens is 1600 g/mol. The van der Waals surface area contributed by atoms with Crippen LogP contribution in [0.2, 0.25) is 0 Å². The molecule has 0 radical (unpaired) electrons. The number of fused-ring (bicyclic) bond motifs is 7. The lowest BCUT2D eigenvalue weighted by atomic mass is 9.33. The van der Waals surface area contributed by atoms with Crippen molar-refractivity contribution in [1.29, 1.82) is 0 Å². The lowest BCUT2D eigenvalue weighted by molar-refractivity contribution is 0.568. The number of aromatic nitrogens is 6. The van der Waals surface area contributed by atoms with Crippen LogP contribution < -0.4 is 26.2 Å². The van der Waals surface area contributed by atoms with Crippen molar-refractivity contribution in [3.63, 3.8) is 0 Å². The average Bonchev–Trinajstić information content (AvgIpc) is 0.736. The van der Waals surface area contributed by atoms with E-state index in [1.54, 1.807) is 0 Å². The Hall–Kier alpha value is -13.4. The third kappa shape index (κ3) is 16.7. The lowest BCUT2D eigenvalue weighted by Gasteiger charge is -2.45. The van der Waals surface area contributed by atoms with Gasteiger partial charge < -0.3 is 14.4 Å². The molecule has 0 N–H and O–H groups in total. The smallest absolute Gasteiger partial charge is 0.252 e. The first kappa shape index (κ1) is 87.9. The zero-order valence-electron chi connectivity index (χ0n) is 81.6. The number of rotatable bonds is 12. The van der Waals surface area contributed by atoms with E-state index in [4.69, 9.17) is 24.9 Å². The Bertz CT molecular complexity index is 6910. The van der Waals surface area contributed by atoms with Crippen molar-refractivity contribution < 1.29 is 0 Å². The molecule has 658 valence electrons. The molecule has 0 amide bonds. The first-order valence-corrected chi connectivity index (χ1v) is 47.2. The monoisotopic (exact) mass is 1720 g/mol. The highest BCUT2D eigenvalue weighted by molar-refractivity contribution is 7.00. The van der Waals surface area contributed by atoms with Crippen LogP contribution >= 0.6 is 0 Å². The van der Waals surface area contributed by atoms with E-state index in [-0.39, 0.29) is 50.0 Å². The molecule has 17 aromatic rings. The Morgan fingerprint density at radius 2 is 0.515 bits per heavy atom. The largest absolute Gasteiger partial charge is 0.311 e. The molecule has 5 heterocycles. The summed E-state index contributed by atoms with van der Waals surface area (Å²) in [6.07, 6.45) is 0. The Labute approximate surface area is 783 Å². The summed E-state index contributed by atoms with van der Waals surface area (Å²) < 4.78 is 2.43. The van der Waals surface area contributed by atoms with Crippen LogP contribution in [-0.2, 0) is 43.3 Å². The second-order valence-corrected chi connectivity index (χ2v) is 45.3. The van der Waals surface area contributed by atoms with Gasteiger partial charge in [0.2, 0.25) is 0 Å². The van der Waals surface area contributed by atoms with Crippen molar-refractivity contribution in [2.45, 2.75) is 209 Å². The van der Waals surface area contributed by atoms with Crippen molar-refractivity contribution in [2.75, 3.05) is 9.80 Å². The quantitative estimate of drug-likeness (QED) is 0.113. The van der Waals surface area contributed by atoms with Crippen molar-refractivity contribution in [1.82, 2.24) is 29.5 Å². The van der Waals surface area contributed by atoms with Crippen molar-refractivity contribution in [3.05, 3.63) is 354 Å². The standard InChI is InChI=1S/C123H123BN8/c1-116(2,3)87-57-84(58-88(67-87)117(4,5)6)81-49-53-100-107(63-81)130(95-71-91(120(13,14)15)69-92(72-95)121(16,17)18)109-65-86(66-110-111(109)124(100)101-54-50-82(85-59-89(118(7,8)9)68-90(60-85)119(10,11)12)64-108(101)131(110)96-73-93(122(19,20)21)70-94(74-96)123(22,23)24)80-51-55-105-98(61-80)97-47-37-38-48-104(97)132(105)106-56-52-83(114-125-102(76-39-29-25-30-40-76)75-103(126-114)77-41-31-26-32-42-77)62-99(106)115-128-112(78-43-33-27-34-44-78)127-113(129-115)79-45-35-28-36-46-79/h25-75H,1-24H3. The second-order valence-electron chi connectivity index (χ2n) is 45.3. The number of hydrogen-bond donors (Lipinski definition) is 0. The fourth-order valence-electron chi connectivity index (χ4n) is 19.1. The first-order valence-electron chi connectivity index (χ1n) is 47.2. The fourth-order valence-corrected chi connectivity index (χ4v) is 19.1. The van der Waals surface area contributed by atoms with E-state index in [0.717, 1.165) is 118 Å². The van der Waals surface area contributed by atoms with E-state index in [2.05, 4.69) is 441 Å². The third-order valence-corrected chi connectivity index (χ3v) is 27.2. The molecule has 0 saturated carbocycles. The van der Waals surface area contributed by atoms with Crippen molar-refractivity contribution in [3.8, 4) is 107 Å². The van der Waals surface area contributed by atoms with E-state index in [0.29, 0.717) is 23.3 Å². The molecule has 3 aromatic heterocycles. The molecule has 0 aliphatic carbocycles. The van der Waals surface area contributed by atoms with Crippen LogP contribution in [0.3, 0.4) is 0 Å². The highest BCUT2D eigenvalue weighted by atomic mass is 15.2. The third-order valence-electron chi connectivity index (χ3n) is 27.2. The normalized spacial score (nSPS) is 13.3. The van der Waals surface area contributed by atoms with Crippen LogP contribution in [0.4, 0.5) is 34.1 Å². The molecule has 0 fully saturated rings. The van der Waals surface area contributed by atoms with Crippen LogP contribution in [0.15, 0.2) is 309 Å². The van der Waals surface area contributed by atoms with Gasteiger partial charge in [0.25, 0.3) is 6.71 Å². The lowest BCUT2D eigenvalue weighted by Crippen LogP contribution is -2.61. The van der Waals surface area contributed by atoms with Crippen LogP contribution in [0.1, 0.15) is 211 Å². The van der Waals surface area contributed by atoms with Crippen molar-refractivity contribution >= 4 is 79.0 Å². The minimum atomic E-state index is -0.217. The van der Waals surface area contributed by atoms with Gasteiger partial charge in [0.15, 0.2) is 23.3 Å². The van der Waals surface area contributed by atoms with Gasteiger partial charge in [-0.05, 0) is 229 Å². The zero-order valence-corrected chi connectivity index (χ0v) is 81.6. The van der Waals surface area contributed by atoms with Gasteiger partial charge in [0, 0.05) is 78.3 Å². The Balaban J connectivity index is 0.919. The maximum Gasteiger partial charge on any atom is 0.252 e. The van der Waals surface area contributed by atoms with Gasteiger partial charge in [0.05, 0.1) is 28.1 Å². The van der Waals surface area contributed by atoms with Crippen LogP contribution in [0, 0.1) is 0 Å². The summed E-state index contributed by atoms with van der Waals surface area (Å²) in [4.78, 5) is 32.7. The molecule has 9 heteroatoms. The molecule has 19 rings (SSSR count). The topological polar surface area (TPSA) is 75.9 Å². The van der Waals surface area contributed by atoms with Gasteiger partial charge in [-0.3, -0.25) is 0 Å². The zero-order chi connectivity index (χ0) is 93.0. The summed E-state index contributed by atoms with van der Waals surface area (Å²) >= 11 is 0. The molecule has 2 aliphatic heterocycles. The van der Waals surface area contributed by atoms with Gasteiger partial charge in [0.1, 0.15) is 0 Å². The summed E-state index contributed by atoms with van der Waals surface area (Å²) in [5.41, 5.74) is 36.7. The molecule has 0 saturated heterocycles. The van der Waals surface area contributed by atoms with E-state index >= 15 is 0 Å². The number of nitrogens with zero attached hydrogens (tertiary/aromatic N) is 8. The molecule has 14 aromatic carbocycles. The van der Waals surface area contributed by atoms with Crippen LogP contribution in [0.5, 0.6) is 0 Å². The van der Waals surface area contributed by atoms with Gasteiger partial charge in [-0.15, -0.1) is 0 Å². The molecule has 0 spiro atoms. The average molecular weight is 1720 g/mol. The highest BCUT2D eigenvalue weighted by Gasteiger charge is 2.46. The first-order chi connectivity index (χ1) is 62.4. The molecular formula is C123H123BN8. The Morgan fingerprint density at radius 3 is 0.909 bits per heavy atom. The van der Waals surface area contributed by atoms with E-state index < -0.39 is 0 Å². The van der Waals surface area contributed by atoms with Crippen LogP contribution in [0.25, 0.3) is 129 Å². The van der Waals surface area contributed by atoms with Crippen LogP contribution in [-0.4, -0.2) is 36.2 Å². The molecule has 0 atom stereocenters. The summed E-state index contributed by atoms with van der Waals surface area (Å²) in [6, 6.07) is 116. The molecule has 0 unspecified atom stereocenters. The van der Waals surface area contributed by atoms with Gasteiger partial charge in [-0.25, -0.2) is 24.9 Å². The minimum absolute atomic E-state index is 0.111. The minimum Gasteiger partial charge on any atom is -0.311 e. The SMILES string of the molecule is CC(C)(C)c1cc(-c2ccc3c(c2)N(c2cc(C(C)(C)C)cc(C(C)(C)C)c2)c2cc(-c4ccc5c(c4)c4ccccc4n5-c4ccc(-c5nc(-c6ccccc6)cc(-c6ccccc6)n5)cc4-c4nc(-c5ccccc5)nc(-c5ccccc5)n4)cc4c2B3c2ccc(-c3cc(C(C)(C)C)cc(C(C)(C)C)c3)cc2N4c2cc(C(C)(C)C)cc(C(C)(C)C)c2)cc(C(C)(C)C)c1. The summed E-state index contributed by atoms with van der Waals surface area (Å²) in [6.45, 7) is 56.6. The Kier molecular flexibility index (Phi) is 21.5. The molecule has 8 nitrogen and oxygen atoms in total. The molecule has 2 aliphatic rings. The van der Waals surface area contributed by atoms with E-state index in [1.165, 1.54) is 83.1 Å².